The maximum absolute atomic E-state index is 11.7. The Morgan fingerprint density at radius 1 is 1.53 bits per heavy atom. The van der Waals surface area contributed by atoms with Crippen LogP contribution in [0.15, 0.2) is 11.1 Å². The summed E-state index contributed by atoms with van der Waals surface area (Å²) in [6.07, 6.45) is 2.69. The molecule has 0 radical (unpaired) electrons. The lowest BCUT2D eigenvalue weighted by Gasteiger charge is -2.36. The molecule has 84 valence electrons. The first-order valence-electron chi connectivity index (χ1n) is 5.51. The van der Waals surface area contributed by atoms with Crippen molar-refractivity contribution in [3.8, 4) is 0 Å². The van der Waals surface area contributed by atoms with Gasteiger partial charge in [-0.3, -0.25) is 4.79 Å². The number of hydrogen-bond donors (Lipinski definition) is 3. The molecule has 0 bridgehead atoms. The number of aliphatic hydroxyl groups is 1. The molecule has 0 aromatic rings. The Morgan fingerprint density at radius 2 is 2.20 bits per heavy atom. The number of rotatable bonds is 3. The Morgan fingerprint density at radius 3 is 2.60 bits per heavy atom. The Bertz CT molecular complexity index is 300. The third-order valence-electron chi connectivity index (χ3n) is 3.41. The van der Waals surface area contributed by atoms with Gasteiger partial charge < -0.3 is 15.7 Å². The summed E-state index contributed by atoms with van der Waals surface area (Å²) in [6.45, 7) is 3.88. The van der Waals surface area contributed by atoms with E-state index in [1.807, 2.05) is 6.92 Å². The van der Waals surface area contributed by atoms with E-state index in [2.05, 4.69) is 10.6 Å². The van der Waals surface area contributed by atoms with Crippen molar-refractivity contribution in [3.63, 3.8) is 0 Å². The first-order chi connectivity index (χ1) is 7.11. The molecule has 0 atom stereocenters. The Hall–Kier alpha value is -0.870. The fourth-order valence-electron chi connectivity index (χ4n) is 1.81. The van der Waals surface area contributed by atoms with Crippen molar-refractivity contribution in [2.45, 2.75) is 31.8 Å². The van der Waals surface area contributed by atoms with E-state index in [1.54, 1.807) is 0 Å². The molecule has 0 unspecified atom stereocenters. The third-order valence-corrected chi connectivity index (χ3v) is 3.41. The van der Waals surface area contributed by atoms with Crippen LogP contribution in [-0.2, 0) is 4.79 Å². The second-order valence-corrected chi connectivity index (χ2v) is 4.59. The minimum Gasteiger partial charge on any atom is -0.388 e. The van der Waals surface area contributed by atoms with E-state index in [9.17, 15) is 9.90 Å². The van der Waals surface area contributed by atoms with E-state index in [4.69, 9.17) is 0 Å². The van der Waals surface area contributed by atoms with Gasteiger partial charge >= 0.3 is 0 Å². The predicted molar refractivity (Wildman–Crippen MR) is 57.4 cm³/mol. The second kappa shape index (κ2) is 3.94. The van der Waals surface area contributed by atoms with Crippen molar-refractivity contribution in [1.29, 1.82) is 0 Å². The van der Waals surface area contributed by atoms with Gasteiger partial charge in [0.2, 0.25) is 5.91 Å². The predicted octanol–water partition coefficient (Wildman–Crippen LogP) is -0.0627. The molecule has 1 heterocycles. The number of hydrogen-bond acceptors (Lipinski definition) is 3. The van der Waals surface area contributed by atoms with Crippen molar-refractivity contribution in [2.24, 2.45) is 0 Å². The molecule has 3 N–H and O–H groups in total. The Kier molecular flexibility index (Phi) is 2.80. The van der Waals surface area contributed by atoms with Gasteiger partial charge in [-0.15, -0.1) is 0 Å². The van der Waals surface area contributed by atoms with Gasteiger partial charge in [0.1, 0.15) is 0 Å². The van der Waals surface area contributed by atoms with Crippen molar-refractivity contribution in [3.05, 3.63) is 11.1 Å². The molecule has 0 aromatic carbocycles. The SMILES string of the molecule is CC(C(=O)NCC1(O)CCC1)=C1CNC1. The summed E-state index contributed by atoms with van der Waals surface area (Å²) >= 11 is 0. The first kappa shape index (κ1) is 10.6. The lowest BCUT2D eigenvalue weighted by molar-refractivity contribution is -0.120. The summed E-state index contributed by atoms with van der Waals surface area (Å²) in [4.78, 5) is 11.7. The number of carbonyl (C=O) groups excluding carboxylic acids is 1. The summed E-state index contributed by atoms with van der Waals surface area (Å²) in [5.41, 5.74) is 1.35. The van der Waals surface area contributed by atoms with Gasteiger partial charge in [-0.25, -0.2) is 0 Å². The van der Waals surface area contributed by atoms with Crippen LogP contribution in [0.1, 0.15) is 26.2 Å². The van der Waals surface area contributed by atoms with Gasteiger partial charge in [-0.05, 0) is 31.8 Å². The molecule has 0 aromatic heterocycles. The molecule has 2 rings (SSSR count). The van der Waals surface area contributed by atoms with Crippen LogP contribution in [0.25, 0.3) is 0 Å². The second-order valence-electron chi connectivity index (χ2n) is 4.59. The summed E-state index contributed by atoms with van der Waals surface area (Å²) in [5.74, 6) is -0.0353. The average molecular weight is 210 g/mol. The fraction of sp³-hybridized carbons (Fsp3) is 0.727. The maximum Gasteiger partial charge on any atom is 0.247 e. The highest BCUT2D eigenvalue weighted by Crippen LogP contribution is 2.30. The molecule has 1 aliphatic heterocycles. The van der Waals surface area contributed by atoms with Crippen LogP contribution in [-0.4, -0.2) is 36.2 Å². The van der Waals surface area contributed by atoms with Crippen molar-refractivity contribution in [2.75, 3.05) is 19.6 Å². The number of carbonyl (C=O) groups is 1. The van der Waals surface area contributed by atoms with Gasteiger partial charge in [0, 0.05) is 25.2 Å². The molecular formula is C11H18N2O2. The third kappa shape index (κ3) is 2.21. The Balaban J connectivity index is 1.81. The van der Waals surface area contributed by atoms with Crippen LogP contribution in [0.3, 0.4) is 0 Å². The lowest BCUT2D eigenvalue weighted by Crippen LogP contribution is -2.48. The smallest absolute Gasteiger partial charge is 0.247 e. The standard InChI is InChI=1S/C11H18N2O2/c1-8(9-5-12-6-9)10(14)13-7-11(15)3-2-4-11/h12,15H,2-7H2,1H3,(H,13,14). The van der Waals surface area contributed by atoms with Crippen molar-refractivity contribution in [1.82, 2.24) is 10.6 Å². The topological polar surface area (TPSA) is 61.4 Å². The molecule has 1 aliphatic carbocycles. The normalized spacial score (nSPS) is 22.7. The number of amides is 1. The molecule has 15 heavy (non-hydrogen) atoms. The minimum absolute atomic E-state index is 0.0353. The van der Waals surface area contributed by atoms with Gasteiger partial charge in [-0.2, -0.15) is 0 Å². The highest BCUT2D eigenvalue weighted by molar-refractivity contribution is 5.94. The van der Waals surface area contributed by atoms with E-state index < -0.39 is 5.60 Å². The van der Waals surface area contributed by atoms with Crippen LogP contribution in [0.5, 0.6) is 0 Å². The molecule has 4 nitrogen and oxygen atoms in total. The lowest BCUT2D eigenvalue weighted by atomic mass is 9.80. The van der Waals surface area contributed by atoms with Crippen molar-refractivity contribution < 1.29 is 9.90 Å². The van der Waals surface area contributed by atoms with Crippen LogP contribution in [0.2, 0.25) is 0 Å². The van der Waals surface area contributed by atoms with Crippen LogP contribution in [0, 0.1) is 0 Å². The quantitative estimate of drug-likeness (QED) is 0.572. The first-order valence-corrected chi connectivity index (χ1v) is 5.51. The zero-order chi connectivity index (χ0) is 10.9. The molecule has 1 saturated heterocycles. The molecule has 2 aliphatic rings. The van der Waals surface area contributed by atoms with Gasteiger partial charge in [0.15, 0.2) is 0 Å². The van der Waals surface area contributed by atoms with Gasteiger partial charge in [0.25, 0.3) is 0 Å². The summed E-state index contributed by atoms with van der Waals surface area (Å²) in [7, 11) is 0. The van der Waals surface area contributed by atoms with E-state index in [1.165, 1.54) is 5.57 Å². The van der Waals surface area contributed by atoms with Gasteiger partial charge in [-0.1, -0.05) is 0 Å². The van der Waals surface area contributed by atoms with Crippen molar-refractivity contribution >= 4 is 5.91 Å². The highest BCUT2D eigenvalue weighted by Gasteiger charge is 2.34. The molecule has 2 fully saturated rings. The van der Waals surface area contributed by atoms with Crippen LogP contribution >= 0.6 is 0 Å². The monoisotopic (exact) mass is 210 g/mol. The van der Waals surface area contributed by atoms with E-state index >= 15 is 0 Å². The van der Waals surface area contributed by atoms with Gasteiger partial charge in [0.05, 0.1) is 5.60 Å². The molecule has 0 spiro atoms. The largest absolute Gasteiger partial charge is 0.388 e. The van der Waals surface area contributed by atoms with Crippen LogP contribution in [0.4, 0.5) is 0 Å². The summed E-state index contributed by atoms with van der Waals surface area (Å²) in [6, 6.07) is 0. The maximum atomic E-state index is 11.7. The zero-order valence-electron chi connectivity index (χ0n) is 9.10. The Labute approximate surface area is 89.7 Å². The minimum atomic E-state index is -0.627. The van der Waals surface area contributed by atoms with E-state index in [-0.39, 0.29) is 5.91 Å². The fourth-order valence-corrected chi connectivity index (χ4v) is 1.81. The zero-order valence-corrected chi connectivity index (χ0v) is 9.10. The summed E-state index contributed by atoms with van der Waals surface area (Å²) < 4.78 is 0. The summed E-state index contributed by atoms with van der Waals surface area (Å²) in [5, 5.41) is 15.7. The van der Waals surface area contributed by atoms with E-state index in [0.29, 0.717) is 6.54 Å². The molecular weight excluding hydrogens is 192 g/mol. The van der Waals surface area contributed by atoms with E-state index in [0.717, 1.165) is 37.9 Å². The highest BCUT2D eigenvalue weighted by atomic mass is 16.3. The van der Waals surface area contributed by atoms with Crippen LogP contribution < -0.4 is 10.6 Å². The molecule has 1 saturated carbocycles. The molecule has 1 amide bonds. The average Bonchev–Trinajstić information content (AvgIpc) is 2.08. The molecule has 4 heteroatoms. The number of nitrogens with one attached hydrogen (secondary N) is 2.